The summed E-state index contributed by atoms with van der Waals surface area (Å²) in [5.41, 5.74) is 2.96. The minimum Gasteiger partial charge on any atom is -0.340 e. The lowest BCUT2D eigenvalue weighted by Gasteiger charge is -2.11. The number of aryl methyl sites for hydroxylation is 1. The van der Waals surface area contributed by atoms with Crippen molar-refractivity contribution in [3.05, 3.63) is 66.0 Å². The van der Waals surface area contributed by atoms with Gasteiger partial charge in [0.25, 0.3) is 0 Å². The van der Waals surface area contributed by atoms with E-state index in [0.717, 1.165) is 17.1 Å². The number of amides is 1. The number of benzene rings is 2. The molecule has 0 bridgehead atoms. The van der Waals surface area contributed by atoms with Gasteiger partial charge in [0.2, 0.25) is 5.91 Å². The van der Waals surface area contributed by atoms with Crippen LogP contribution >= 0.6 is 0 Å². The Morgan fingerprint density at radius 2 is 1.39 bits per heavy atom. The number of Topliss-reactive ketones (excluding diaryl/α,β-unsaturated/α-hetero) is 1. The predicted octanol–water partition coefficient (Wildman–Crippen LogP) is 4.43. The summed E-state index contributed by atoms with van der Waals surface area (Å²) in [4.78, 5) is 31.5. The Morgan fingerprint density at radius 1 is 0.786 bits per heavy atom. The van der Waals surface area contributed by atoms with Gasteiger partial charge in [-0.3, -0.25) is 9.59 Å². The summed E-state index contributed by atoms with van der Waals surface area (Å²) in [5, 5.41) is 9.16. The lowest BCUT2D eigenvalue weighted by molar-refractivity contribution is -0.114. The molecule has 0 aliphatic carbocycles. The molecule has 2 aromatic carbocycles. The molecule has 0 saturated carbocycles. The van der Waals surface area contributed by atoms with E-state index >= 15 is 0 Å². The molecule has 142 valence electrons. The number of hydrogen-bond acceptors (Lipinski definition) is 6. The number of ketones is 1. The normalized spacial score (nSPS) is 10.2. The zero-order valence-corrected chi connectivity index (χ0v) is 15.9. The van der Waals surface area contributed by atoms with Crippen LogP contribution in [0.15, 0.2) is 54.6 Å². The van der Waals surface area contributed by atoms with Crippen LogP contribution in [0.5, 0.6) is 0 Å². The van der Waals surface area contributed by atoms with E-state index in [1.807, 2.05) is 43.3 Å². The second kappa shape index (κ2) is 8.30. The third-order valence-corrected chi connectivity index (χ3v) is 3.86. The molecule has 0 atom stereocenters. The van der Waals surface area contributed by atoms with Crippen molar-refractivity contribution in [1.29, 1.82) is 0 Å². The molecule has 0 fully saturated rings. The van der Waals surface area contributed by atoms with Gasteiger partial charge in [-0.25, -0.2) is 9.97 Å². The van der Waals surface area contributed by atoms with E-state index in [2.05, 4.69) is 25.9 Å². The van der Waals surface area contributed by atoms with Gasteiger partial charge in [-0.05, 0) is 50.2 Å². The number of nitrogens with one attached hydrogen (secondary N) is 3. The zero-order valence-electron chi connectivity index (χ0n) is 15.9. The molecule has 0 saturated heterocycles. The average Bonchev–Trinajstić information content (AvgIpc) is 2.62. The quantitative estimate of drug-likeness (QED) is 0.552. The van der Waals surface area contributed by atoms with Crippen molar-refractivity contribution in [1.82, 2.24) is 9.97 Å². The van der Waals surface area contributed by atoms with E-state index in [9.17, 15) is 9.59 Å². The molecule has 1 aromatic heterocycles. The van der Waals surface area contributed by atoms with Crippen molar-refractivity contribution in [3.63, 3.8) is 0 Å². The van der Waals surface area contributed by atoms with Gasteiger partial charge in [0.1, 0.15) is 17.5 Å². The first-order chi connectivity index (χ1) is 13.4. The molecule has 3 aromatic rings. The van der Waals surface area contributed by atoms with Crippen molar-refractivity contribution in [2.24, 2.45) is 0 Å². The van der Waals surface area contributed by atoms with Crippen LogP contribution in [-0.4, -0.2) is 21.7 Å². The second-order valence-corrected chi connectivity index (χ2v) is 6.33. The van der Waals surface area contributed by atoms with E-state index < -0.39 is 0 Å². The van der Waals surface area contributed by atoms with Crippen molar-refractivity contribution in [2.45, 2.75) is 20.8 Å². The maximum atomic E-state index is 11.6. The van der Waals surface area contributed by atoms with E-state index in [1.54, 1.807) is 18.2 Å². The smallest absolute Gasteiger partial charge is 0.221 e. The van der Waals surface area contributed by atoms with Crippen LogP contribution in [0.3, 0.4) is 0 Å². The van der Waals surface area contributed by atoms with Crippen LogP contribution in [0.1, 0.15) is 30.0 Å². The average molecular weight is 375 g/mol. The van der Waals surface area contributed by atoms with Crippen molar-refractivity contribution in [3.8, 4) is 0 Å². The molecule has 3 N–H and O–H groups in total. The topological polar surface area (TPSA) is 96.0 Å². The summed E-state index contributed by atoms with van der Waals surface area (Å²) in [6.07, 6.45) is 0. The van der Waals surface area contributed by atoms with E-state index in [0.29, 0.717) is 23.0 Å². The number of anilines is 5. The molecule has 7 heteroatoms. The largest absolute Gasteiger partial charge is 0.340 e. The first-order valence-corrected chi connectivity index (χ1v) is 8.77. The Kier molecular flexibility index (Phi) is 5.64. The number of aromatic nitrogens is 2. The van der Waals surface area contributed by atoms with Gasteiger partial charge in [0.05, 0.1) is 0 Å². The molecule has 1 amide bonds. The highest BCUT2D eigenvalue weighted by Gasteiger charge is 2.06. The van der Waals surface area contributed by atoms with Crippen LogP contribution in [0.25, 0.3) is 0 Å². The molecule has 0 aliphatic heterocycles. The summed E-state index contributed by atoms with van der Waals surface area (Å²) in [7, 11) is 0. The van der Waals surface area contributed by atoms with Crippen LogP contribution < -0.4 is 16.0 Å². The summed E-state index contributed by atoms with van der Waals surface area (Å²) in [5.74, 6) is 1.74. The number of nitrogens with zero attached hydrogens (tertiary/aromatic N) is 2. The monoisotopic (exact) mass is 375 g/mol. The predicted molar refractivity (Wildman–Crippen MR) is 111 cm³/mol. The second-order valence-electron chi connectivity index (χ2n) is 6.33. The summed E-state index contributed by atoms with van der Waals surface area (Å²) in [6, 6.07) is 16.4. The number of hydrogen-bond donors (Lipinski definition) is 3. The Labute approximate surface area is 163 Å². The minimum absolute atomic E-state index is 0.00702. The van der Waals surface area contributed by atoms with Crippen LogP contribution in [0.4, 0.5) is 28.7 Å². The lowest BCUT2D eigenvalue weighted by atomic mass is 10.1. The van der Waals surface area contributed by atoms with E-state index in [1.165, 1.54) is 13.8 Å². The molecule has 0 spiro atoms. The van der Waals surface area contributed by atoms with Gasteiger partial charge in [0, 0.05) is 35.6 Å². The summed E-state index contributed by atoms with van der Waals surface area (Å²) < 4.78 is 0. The lowest BCUT2D eigenvalue weighted by Crippen LogP contribution is -2.05. The van der Waals surface area contributed by atoms with Gasteiger partial charge in [-0.1, -0.05) is 12.1 Å². The van der Waals surface area contributed by atoms with E-state index in [4.69, 9.17) is 0 Å². The van der Waals surface area contributed by atoms with Crippen LogP contribution in [0.2, 0.25) is 0 Å². The molecule has 28 heavy (non-hydrogen) atoms. The summed E-state index contributed by atoms with van der Waals surface area (Å²) in [6.45, 7) is 4.81. The fourth-order valence-electron chi connectivity index (χ4n) is 2.65. The van der Waals surface area contributed by atoms with Crippen molar-refractivity contribution in [2.75, 3.05) is 16.0 Å². The number of carbonyl (C=O) groups is 2. The van der Waals surface area contributed by atoms with Gasteiger partial charge < -0.3 is 16.0 Å². The SMILES string of the molecule is CC(=O)Nc1ccc(Nc2cc(Nc3cccc(C(C)=O)c3)nc(C)n2)cc1. The standard InChI is InChI=1S/C21H21N5O2/c1-13(27)16-5-4-6-19(11-16)26-21-12-20(22-14(2)23-21)25-18-9-7-17(8-10-18)24-15(3)28/h4-12H,1-3H3,(H,24,28)(H2,22,23,25,26). The van der Waals surface area contributed by atoms with Crippen LogP contribution in [-0.2, 0) is 4.79 Å². The van der Waals surface area contributed by atoms with Gasteiger partial charge in [-0.2, -0.15) is 0 Å². The molecule has 1 heterocycles. The first kappa shape index (κ1) is 19.0. The highest BCUT2D eigenvalue weighted by Crippen LogP contribution is 2.22. The van der Waals surface area contributed by atoms with Crippen molar-refractivity contribution < 1.29 is 9.59 Å². The Morgan fingerprint density at radius 3 is 2.00 bits per heavy atom. The van der Waals surface area contributed by atoms with E-state index in [-0.39, 0.29) is 11.7 Å². The number of carbonyl (C=O) groups excluding carboxylic acids is 2. The maximum Gasteiger partial charge on any atom is 0.221 e. The molecular weight excluding hydrogens is 354 g/mol. The Bertz CT molecular complexity index is 1020. The zero-order chi connectivity index (χ0) is 20.1. The molecule has 0 radical (unpaired) electrons. The molecular formula is C21H21N5O2. The fourth-order valence-corrected chi connectivity index (χ4v) is 2.65. The van der Waals surface area contributed by atoms with Crippen LogP contribution in [0, 0.1) is 6.92 Å². The molecule has 0 unspecified atom stereocenters. The number of rotatable bonds is 6. The van der Waals surface area contributed by atoms with Crippen molar-refractivity contribution >= 4 is 40.4 Å². The summed E-state index contributed by atoms with van der Waals surface area (Å²) >= 11 is 0. The molecule has 3 rings (SSSR count). The maximum absolute atomic E-state index is 11.6. The fraction of sp³-hybridized carbons (Fsp3) is 0.143. The first-order valence-electron chi connectivity index (χ1n) is 8.77. The molecule has 0 aliphatic rings. The highest BCUT2D eigenvalue weighted by atomic mass is 16.1. The molecule has 7 nitrogen and oxygen atoms in total. The Balaban J connectivity index is 1.77. The minimum atomic E-state index is -0.114. The highest BCUT2D eigenvalue weighted by molar-refractivity contribution is 5.95. The van der Waals surface area contributed by atoms with Gasteiger partial charge in [0.15, 0.2) is 5.78 Å². The third-order valence-electron chi connectivity index (χ3n) is 3.86. The van der Waals surface area contributed by atoms with Gasteiger partial charge >= 0.3 is 0 Å². The Hall–Kier alpha value is -3.74. The third kappa shape index (κ3) is 5.14. The van der Waals surface area contributed by atoms with Gasteiger partial charge in [-0.15, -0.1) is 0 Å².